The van der Waals surface area contributed by atoms with Crippen molar-refractivity contribution in [1.29, 1.82) is 0 Å². The van der Waals surface area contributed by atoms with Crippen LogP contribution in [-0.2, 0) is 38.3 Å². The topological polar surface area (TPSA) is 107 Å². The van der Waals surface area contributed by atoms with Gasteiger partial charge in [0.25, 0.3) is 0 Å². The number of para-hydroxylation sites is 1. The number of phenols is 3. The number of aliphatic carboxylic acids is 1. The summed E-state index contributed by atoms with van der Waals surface area (Å²) >= 11 is 0. The Morgan fingerprint density at radius 1 is 0.562 bits per heavy atom. The second-order valence-corrected chi connectivity index (χ2v) is 17.8. The van der Waals surface area contributed by atoms with E-state index in [1.807, 2.05) is 36.4 Å². The molecule has 0 radical (unpaired) electrons. The molecule has 6 heteroatoms. The molecule has 0 saturated heterocycles. The largest absolute Gasteiger partial charge is 0.508 e. The summed E-state index contributed by atoms with van der Waals surface area (Å²) in [6.45, 7) is 31.2. The van der Waals surface area contributed by atoms with Gasteiger partial charge in [0.05, 0.1) is 7.11 Å². The molecule has 0 amide bonds. The molecule has 6 nitrogen and oxygen atoms in total. The maximum absolute atomic E-state index is 10.8. The number of rotatable bonds is 4. The Bertz CT molecular complexity index is 1450. The van der Waals surface area contributed by atoms with E-state index in [-0.39, 0.29) is 33.5 Å². The van der Waals surface area contributed by atoms with Crippen LogP contribution >= 0.6 is 0 Å². The molecule has 0 atom stereocenters. The normalized spacial score (nSPS) is 12.3. The Morgan fingerprint density at radius 2 is 0.938 bits per heavy atom. The molecule has 0 aromatic heterocycles. The quantitative estimate of drug-likeness (QED) is 0.221. The summed E-state index contributed by atoms with van der Waals surface area (Å²) in [6.07, 6.45) is 0.597. The highest BCUT2D eigenvalue weighted by atomic mass is 16.5. The van der Waals surface area contributed by atoms with Crippen molar-refractivity contribution in [3.63, 3.8) is 0 Å². The van der Waals surface area contributed by atoms with Gasteiger partial charge in [-0.3, -0.25) is 4.79 Å². The molecule has 48 heavy (non-hydrogen) atoms. The van der Waals surface area contributed by atoms with E-state index in [9.17, 15) is 20.1 Å². The minimum Gasteiger partial charge on any atom is -0.508 e. The lowest BCUT2D eigenvalue weighted by atomic mass is 9.78. The standard InChI is InChI=1S/C17H26O3.C14H22O.C11H16O2/c1-16(2,3)12-9-11(7-8-14(18)19)10-13(15(12)20)17(4,5)6;1-13(2,3)10-8-7-9-11(12(10)15)14(4,5)6;1-11(2,3)9-7-8(13-4)5-6-10(9)12/h9-10,20H,7-8H2,1-6H3,(H,18,19);7-9,15H,1-6H3;5-7,12H,1-4H3. The highest BCUT2D eigenvalue weighted by Gasteiger charge is 2.27. The summed E-state index contributed by atoms with van der Waals surface area (Å²) in [6, 6.07) is 15.2. The molecule has 0 saturated carbocycles. The van der Waals surface area contributed by atoms with E-state index < -0.39 is 5.97 Å². The molecule has 4 N–H and O–H groups in total. The van der Waals surface area contributed by atoms with Gasteiger partial charge in [-0.25, -0.2) is 0 Å². The monoisotopic (exact) mass is 664 g/mol. The van der Waals surface area contributed by atoms with Crippen molar-refractivity contribution in [2.24, 2.45) is 0 Å². The second kappa shape index (κ2) is 15.7. The van der Waals surface area contributed by atoms with Gasteiger partial charge in [0, 0.05) is 12.0 Å². The number of benzene rings is 3. The van der Waals surface area contributed by atoms with E-state index in [0.717, 1.165) is 39.1 Å². The summed E-state index contributed by atoms with van der Waals surface area (Å²) in [7, 11) is 1.62. The molecule has 0 unspecified atom stereocenters. The summed E-state index contributed by atoms with van der Waals surface area (Å²) < 4.78 is 5.09. The zero-order valence-electron chi connectivity index (χ0n) is 32.6. The van der Waals surface area contributed by atoms with E-state index in [4.69, 9.17) is 9.84 Å². The Morgan fingerprint density at radius 3 is 1.27 bits per heavy atom. The molecular formula is C42H64O6. The average Bonchev–Trinajstić information content (AvgIpc) is 2.90. The third-order valence-corrected chi connectivity index (χ3v) is 8.08. The molecule has 0 spiro atoms. The third-order valence-electron chi connectivity index (χ3n) is 8.08. The van der Waals surface area contributed by atoms with Crippen LogP contribution in [-0.4, -0.2) is 33.5 Å². The number of carboxylic acids is 1. The summed E-state index contributed by atoms with van der Waals surface area (Å²) in [4.78, 5) is 10.8. The van der Waals surface area contributed by atoms with Crippen molar-refractivity contribution in [2.75, 3.05) is 7.11 Å². The summed E-state index contributed by atoms with van der Waals surface area (Å²) in [5, 5.41) is 39.3. The predicted octanol–water partition coefficient (Wildman–Crippen LogP) is 10.7. The van der Waals surface area contributed by atoms with Crippen LogP contribution in [0.15, 0.2) is 48.5 Å². The minimum absolute atomic E-state index is 0.00859. The van der Waals surface area contributed by atoms with Crippen molar-refractivity contribution in [2.45, 2.75) is 144 Å². The van der Waals surface area contributed by atoms with Gasteiger partial charge >= 0.3 is 5.97 Å². The molecule has 3 rings (SSSR count). The van der Waals surface area contributed by atoms with Gasteiger partial charge in [-0.05, 0) is 79.5 Å². The van der Waals surface area contributed by atoms with Gasteiger partial charge < -0.3 is 25.2 Å². The van der Waals surface area contributed by atoms with Crippen molar-refractivity contribution in [3.8, 4) is 23.0 Å². The molecule has 3 aromatic carbocycles. The van der Waals surface area contributed by atoms with E-state index in [2.05, 4.69) is 104 Å². The number of aromatic hydroxyl groups is 3. The SMILES string of the molecule is CC(C)(C)c1cc(CCC(=O)O)cc(C(C)(C)C)c1O.CC(C)(C)c1cccc(C(C)(C)C)c1O.COc1ccc(O)c(C(C)(C)C)c1. The van der Waals surface area contributed by atoms with Crippen LogP contribution < -0.4 is 4.74 Å². The molecular weight excluding hydrogens is 600 g/mol. The Balaban J connectivity index is 0.000000370. The second-order valence-electron chi connectivity index (χ2n) is 17.8. The first-order valence-electron chi connectivity index (χ1n) is 16.8. The number of methoxy groups -OCH3 is 1. The van der Waals surface area contributed by atoms with Crippen LogP contribution in [0.5, 0.6) is 23.0 Å². The molecule has 3 aromatic rings. The lowest BCUT2D eigenvalue weighted by Gasteiger charge is -2.28. The number of phenolic OH excluding ortho intramolecular Hbond substituents is 3. The third kappa shape index (κ3) is 12.4. The molecule has 0 heterocycles. The van der Waals surface area contributed by atoms with Gasteiger partial charge in [-0.2, -0.15) is 0 Å². The fraction of sp³-hybridized carbons (Fsp3) is 0.548. The number of carboxylic acid groups (broad SMARTS) is 1. The number of hydrogen-bond donors (Lipinski definition) is 4. The Kier molecular flexibility index (Phi) is 13.8. The molecule has 0 fully saturated rings. The van der Waals surface area contributed by atoms with Crippen LogP contribution in [0.25, 0.3) is 0 Å². The van der Waals surface area contributed by atoms with Crippen molar-refractivity contribution in [3.05, 3.63) is 81.9 Å². The maximum Gasteiger partial charge on any atom is 0.303 e. The molecule has 0 aliphatic carbocycles. The first kappa shape index (κ1) is 42.4. The van der Waals surface area contributed by atoms with Gasteiger partial charge in [-0.1, -0.05) is 134 Å². The van der Waals surface area contributed by atoms with Crippen LogP contribution in [0.3, 0.4) is 0 Å². The van der Waals surface area contributed by atoms with Gasteiger partial charge in [0.2, 0.25) is 0 Å². The average molecular weight is 665 g/mol. The molecule has 268 valence electrons. The Hall–Kier alpha value is -3.67. The number of aryl methyl sites for hydroxylation is 1. The smallest absolute Gasteiger partial charge is 0.303 e. The molecule has 0 aliphatic heterocycles. The van der Waals surface area contributed by atoms with E-state index >= 15 is 0 Å². The van der Waals surface area contributed by atoms with Gasteiger partial charge in [-0.15, -0.1) is 0 Å². The first-order valence-corrected chi connectivity index (χ1v) is 16.8. The van der Waals surface area contributed by atoms with Crippen LogP contribution in [0.2, 0.25) is 0 Å². The fourth-order valence-electron chi connectivity index (χ4n) is 5.23. The predicted molar refractivity (Wildman–Crippen MR) is 200 cm³/mol. The lowest BCUT2D eigenvalue weighted by molar-refractivity contribution is -0.136. The molecule has 0 aliphatic rings. The zero-order valence-corrected chi connectivity index (χ0v) is 32.6. The summed E-state index contributed by atoms with van der Waals surface area (Å²) in [5.74, 6) is 1.10. The summed E-state index contributed by atoms with van der Waals surface area (Å²) in [5.41, 5.74) is 5.26. The number of carbonyl (C=O) groups is 1. The fourth-order valence-corrected chi connectivity index (χ4v) is 5.23. The lowest BCUT2D eigenvalue weighted by Crippen LogP contribution is -2.18. The van der Waals surface area contributed by atoms with Gasteiger partial charge in [0.15, 0.2) is 0 Å². The number of ether oxygens (including phenoxy) is 1. The van der Waals surface area contributed by atoms with E-state index in [1.54, 1.807) is 19.2 Å². The zero-order chi connectivity index (χ0) is 37.6. The number of hydrogen-bond acceptors (Lipinski definition) is 5. The first-order chi connectivity index (χ1) is 21.5. The van der Waals surface area contributed by atoms with Crippen molar-refractivity contribution < 1.29 is 30.0 Å². The highest BCUT2D eigenvalue weighted by molar-refractivity contribution is 5.67. The van der Waals surface area contributed by atoms with E-state index in [0.29, 0.717) is 23.7 Å². The highest BCUT2D eigenvalue weighted by Crippen LogP contribution is 2.41. The Labute approximate surface area is 291 Å². The van der Waals surface area contributed by atoms with E-state index in [1.165, 1.54) is 0 Å². The van der Waals surface area contributed by atoms with Crippen molar-refractivity contribution >= 4 is 5.97 Å². The minimum atomic E-state index is -0.798. The van der Waals surface area contributed by atoms with Crippen LogP contribution in [0.4, 0.5) is 0 Å². The van der Waals surface area contributed by atoms with Crippen LogP contribution in [0, 0.1) is 0 Å². The van der Waals surface area contributed by atoms with Gasteiger partial charge in [0.1, 0.15) is 23.0 Å². The van der Waals surface area contributed by atoms with Crippen molar-refractivity contribution in [1.82, 2.24) is 0 Å². The maximum atomic E-state index is 10.8. The van der Waals surface area contributed by atoms with Crippen LogP contribution in [0.1, 0.15) is 144 Å². The molecule has 0 bridgehead atoms.